The van der Waals surface area contributed by atoms with E-state index in [1.165, 1.54) is 0 Å². The van der Waals surface area contributed by atoms with Crippen molar-refractivity contribution in [2.45, 2.75) is 31.8 Å². The fourth-order valence-electron chi connectivity index (χ4n) is 1.93. The van der Waals surface area contributed by atoms with Crippen LogP contribution in [-0.2, 0) is 14.3 Å². The largest absolute Gasteiger partial charge is 0.376 e. The minimum absolute atomic E-state index is 0.102. The van der Waals surface area contributed by atoms with E-state index in [0.29, 0.717) is 13.1 Å². The molecular formula is C13H25N3O3. The minimum Gasteiger partial charge on any atom is -0.376 e. The maximum absolute atomic E-state index is 11.5. The number of hydrogen-bond donors (Lipinski definition) is 2. The van der Waals surface area contributed by atoms with Gasteiger partial charge in [0.05, 0.1) is 6.10 Å². The number of amides is 2. The van der Waals surface area contributed by atoms with E-state index >= 15 is 0 Å². The Morgan fingerprint density at radius 2 is 2.00 bits per heavy atom. The van der Waals surface area contributed by atoms with Crippen LogP contribution in [0.3, 0.4) is 0 Å². The molecule has 1 aliphatic rings. The van der Waals surface area contributed by atoms with Gasteiger partial charge in [0.2, 0.25) is 11.8 Å². The van der Waals surface area contributed by atoms with Crippen molar-refractivity contribution in [3.05, 3.63) is 0 Å². The highest BCUT2D eigenvalue weighted by Crippen LogP contribution is 2.10. The number of carbonyl (C=O) groups is 2. The molecule has 6 heteroatoms. The van der Waals surface area contributed by atoms with Crippen LogP contribution < -0.4 is 10.6 Å². The van der Waals surface area contributed by atoms with Crippen molar-refractivity contribution in [1.29, 1.82) is 0 Å². The van der Waals surface area contributed by atoms with Crippen molar-refractivity contribution in [3.63, 3.8) is 0 Å². The van der Waals surface area contributed by atoms with E-state index in [9.17, 15) is 9.59 Å². The van der Waals surface area contributed by atoms with Gasteiger partial charge in [-0.05, 0) is 39.9 Å². The highest BCUT2D eigenvalue weighted by Gasteiger charge is 2.17. The Morgan fingerprint density at radius 3 is 2.63 bits per heavy atom. The summed E-state index contributed by atoms with van der Waals surface area (Å²) in [6.45, 7) is 2.81. The molecule has 2 N–H and O–H groups in total. The zero-order valence-electron chi connectivity index (χ0n) is 11.9. The first-order chi connectivity index (χ1) is 9.08. The Hall–Kier alpha value is -1.14. The van der Waals surface area contributed by atoms with Gasteiger partial charge < -0.3 is 20.3 Å². The monoisotopic (exact) mass is 271 g/mol. The molecule has 6 nitrogen and oxygen atoms in total. The second-order valence-corrected chi connectivity index (χ2v) is 5.12. The van der Waals surface area contributed by atoms with E-state index in [1.54, 1.807) is 0 Å². The summed E-state index contributed by atoms with van der Waals surface area (Å²) in [5, 5.41) is 5.47. The number of nitrogens with one attached hydrogen (secondary N) is 2. The van der Waals surface area contributed by atoms with Crippen molar-refractivity contribution in [1.82, 2.24) is 15.5 Å². The predicted octanol–water partition coefficient (Wildman–Crippen LogP) is -0.260. The van der Waals surface area contributed by atoms with Gasteiger partial charge in [-0.1, -0.05) is 0 Å². The van der Waals surface area contributed by atoms with Gasteiger partial charge in [0, 0.05) is 19.7 Å². The van der Waals surface area contributed by atoms with Crippen LogP contribution in [0.4, 0.5) is 0 Å². The first kappa shape index (κ1) is 15.9. The Balaban J connectivity index is 2.02. The molecular weight excluding hydrogens is 246 g/mol. The van der Waals surface area contributed by atoms with Crippen LogP contribution in [0, 0.1) is 0 Å². The SMILES string of the molecule is CN(C)CCCNC(=O)CC(=O)NCC1CCCO1. The van der Waals surface area contributed by atoms with E-state index in [0.717, 1.165) is 32.4 Å². The molecule has 1 unspecified atom stereocenters. The molecule has 0 aromatic rings. The van der Waals surface area contributed by atoms with Crippen molar-refractivity contribution in [2.24, 2.45) is 0 Å². The molecule has 1 heterocycles. The number of ether oxygens (including phenoxy) is 1. The van der Waals surface area contributed by atoms with Crippen LogP contribution in [0.5, 0.6) is 0 Å². The zero-order valence-corrected chi connectivity index (χ0v) is 11.9. The smallest absolute Gasteiger partial charge is 0.229 e. The highest BCUT2D eigenvalue weighted by molar-refractivity contribution is 5.96. The average Bonchev–Trinajstić information content (AvgIpc) is 2.85. The van der Waals surface area contributed by atoms with Crippen LogP contribution in [0.1, 0.15) is 25.7 Å². The summed E-state index contributed by atoms with van der Waals surface area (Å²) in [7, 11) is 3.97. The second-order valence-electron chi connectivity index (χ2n) is 5.12. The molecule has 0 aromatic carbocycles. The molecule has 1 atom stereocenters. The average molecular weight is 271 g/mol. The van der Waals surface area contributed by atoms with Gasteiger partial charge in [0.1, 0.15) is 6.42 Å². The lowest BCUT2D eigenvalue weighted by molar-refractivity contribution is -0.129. The fraction of sp³-hybridized carbons (Fsp3) is 0.846. The maximum atomic E-state index is 11.5. The van der Waals surface area contributed by atoms with Crippen molar-refractivity contribution < 1.29 is 14.3 Å². The normalized spacial score (nSPS) is 18.6. The summed E-state index contributed by atoms with van der Waals surface area (Å²) in [6.07, 6.45) is 2.93. The third-order valence-electron chi connectivity index (χ3n) is 2.98. The van der Waals surface area contributed by atoms with Gasteiger partial charge in [-0.3, -0.25) is 9.59 Å². The van der Waals surface area contributed by atoms with Crippen molar-refractivity contribution in [2.75, 3.05) is 40.3 Å². The topological polar surface area (TPSA) is 70.7 Å². The lowest BCUT2D eigenvalue weighted by Gasteiger charge is -2.11. The number of carbonyl (C=O) groups excluding carboxylic acids is 2. The molecule has 1 aliphatic heterocycles. The van der Waals surface area contributed by atoms with Gasteiger partial charge in [-0.2, -0.15) is 0 Å². The summed E-state index contributed by atoms with van der Waals surface area (Å²) in [5.74, 6) is -0.454. The van der Waals surface area contributed by atoms with Crippen molar-refractivity contribution in [3.8, 4) is 0 Å². The standard InChI is InChI=1S/C13H25N3O3/c1-16(2)7-4-6-14-12(17)9-13(18)15-10-11-5-3-8-19-11/h11H,3-10H2,1-2H3,(H,14,17)(H,15,18). The third-order valence-corrected chi connectivity index (χ3v) is 2.98. The van der Waals surface area contributed by atoms with Gasteiger partial charge >= 0.3 is 0 Å². The maximum Gasteiger partial charge on any atom is 0.229 e. The summed E-state index contributed by atoms with van der Waals surface area (Å²) >= 11 is 0. The highest BCUT2D eigenvalue weighted by atomic mass is 16.5. The Bertz CT molecular complexity index is 289. The summed E-state index contributed by atoms with van der Waals surface area (Å²) < 4.78 is 5.39. The quantitative estimate of drug-likeness (QED) is 0.471. The molecule has 110 valence electrons. The molecule has 19 heavy (non-hydrogen) atoms. The molecule has 1 fully saturated rings. The van der Waals surface area contributed by atoms with E-state index in [1.807, 2.05) is 14.1 Å². The molecule has 0 radical (unpaired) electrons. The molecule has 0 aliphatic carbocycles. The number of hydrogen-bond acceptors (Lipinski definition) is 4. The van der Waals surface area contributed by atoms with E-state index in [-0.39, 0.29) is 24.3 Å². The molecule has 0 saturated carbocycles. The van der Waals surface area contributed by atoms with Crippen LogP contribution >= 0.6 is 0 Å². The summed E-state index contributed by atoms with van der Waals surface area (Å²) in [5.41, 5.74) is 0. The first-order valence-corrected chi connectivity index (χ1v) is 6.87. The van der Waals surface area contributed by atoms with Gasteiger partial charge in [0.15, 0.2) is 0 Å². The van der Waals surface area contributed by atoms with E-state index < -0.39 is 0 Å². The third kappa shape index (κ3) is 7.79. The fourth-order valence-corrected chi connectivity index (χ4v) is 1.93. The van der Waals surface area contributed by atoms with Crippen LogP contribution in [0.15, 0.2) is 0 Å². The Labute approximate surface area is 114 Å². The molecule has 2 amide bonds. The van der Waals surface area contributed by atoms with Crippen molar-refractivity contribution >= 4 is 11.8 Å². The summed E-state index contributed by atoms with van der Waals surface area (Å²) in [6, 6.07) is 0. The molecule has 1 rings (SSSR count). The van der Waals surface area contributed by atoms with Crippen LogP contribution in [0.25, 0.3) is 0 Å². The van der Waals surface area contributed by atoms with Gasteiger partial charge in [0.25, 0.3) is 0 Å². The molecule has 0 aromatic heterocycles. The zero-order chi connectivity index (χ0) is 14.1. The molecule has 0 bridgehead atoms. The van der Waals surface area contributed by atoms with Crippen LogP contribution in [0.2, 0.25) is 0 Å². The second kappa shape index (κ2) is 8.87. The predicted molar refractivity (Wildman–Crippen MR) is 72.8 cm³/mol. The van der Waals surface area contributed by atoms with Crippen LogP contribution in [-0.4, -0.2) is 63.2 Å². The molecule has 0 spiro atoms. The lowest BCUT2D eigenvalue weighted by Crippen LogP contribution is -2.36. The first-order valence-electron chi connectivity index (χ1n) is 6.87. The summed E-state index contributed by atoms with van der Waals surface area (Å²) in [4.78, 5) is 25.0. The Morgan fingerprint density at radius 1 is 1.26 bits per heavy atom. The lowest BCUT2D eigenvalue weighted by atomic mass is 10.2. The molecule has 1 saturated heterocycles. The number of rotatable bonds is 8. The van der Waals surface area contributed by atoms with Gasteiger partial charge in [-0.25, -0.2) is 0 Å². The van der Waals surface area contributed by atoms with Gasteiger partial charge in [-0.15, -0.1) is 0 Å². The Kier molecular flexibility index (Phi) is 7.43. The minimum atomic E-state index is -0.236. The number of nitrogens with zero attached hydrogens (tertiary/aromatic N) is 1. The van der Waals surface area contributed by atoms with E-state index in [4.69, 9.17) is 4.74 Å². The van der Waals surface area contributed by atoms with E-state index in [2.05, 4.69) is 15.5 Å².